The molecule has 37 heavy (non-hydrogen) atoms. The number of phenols is 1. The second-order valence-corrected chi connectivity index (χ2v) is 10.0. The summed E-state index contributed by atoms with van der Waals surface area (Å²) < 4.78 is 22.0. The number of methoxy groups -OCH3 is 2. The van der Waals surface area contributed by atoms with Gasteiger partial charge in [-0.05, 0) is 59.9 Å². The largest absolute Gasteiger partial charge is 0.507 e. The first-order chi connectivity index (χ1) is 17.5. The average Bonchev–Trinajstić information content (AvgIpc) is 2.86. The number of ketones is 1. The first-order valence-electron chi connectivity index (χ1n) is 12.0. The molecular formula is C30H34O7. The molecule has 3 rings (SSSR count). The first-order valence-corrected chi connectivity index (χ1v) is 12.0. The van der Waals surface area contributed by atoms with E-state index in [-0.39, 0.29) is 30.2 Å². The number of ether oxygens (including phenoxy) is 4. The molecule has 0 aliphatic heterocycles. The van der Waals surface area contributed by atoms with Gasteiger partial charge in [0.1, 0.15) is 24.7 Å². The van der Waals surface area contributed by atoms with Gasteiger partial charge in [-0.15, -0.1) is 0 Å². The Kier molecular flexibility index (Phi) is 8.81. The Balaban J connectivity index is 1.68. The molecule has 0 aromatic heterocycles. The van der Waals surface area contributed by atoms with Crippen LogP contribution in [-0.2, 0) is 18.0 Å². The van der Waals surface area contributed by atoms with Crippen molar-refractivity contribution < 1.29 is 33.6 Å². The predicted octanol–water partition coefficient (Wildman–Crippen LogP) is 6.27. The van der Waals surface area contributed by atoms with Crippen molar-refractivity contribution in [2.24, 2.45) is 5.41 Å². The fraction of sp³-hybridized carbons (Fsp3) is 0.333. The summed E-state index contributed by atoms with van der Waals surface area (Å²) in [4.78, 5) is 24.4. The molecule has 0 atom stereocenters. The van der Waals surface area contributed by atoms with E-state index in [2.05, 4.69) is 0 Å². The highest BCUT2D eigenvalue weighted by molar-refractivity contribution is 5.99. The van der Waals surface area contributed by atoms with Gasteiger partial charge in [-0.1, -0.05) is 39.0 Å². The third-order valence-corrected chi connectivity index (χ3v) is 5.74. The zero-order valence-corrected chi connectivity index (χ0v) is 22.2. The first kappa shape index (κ1) is 27.6. The second kappa shape index (κ2) is 11.8. The van der Waals surface area contributed by atoms with Crippen LogP contribution in [0, 0.1) is 12.3 Å². The molecule has 0 unspecified atom stereocenters. The van der Waals surface area contributed by atoms with Crippen molar-refractivity contribution in [3.63, 3.8) is 0 Å². The van der Waals surface area contributed by atoms with Crippen LogP contribution >= 0.6 is 0 Å². The van der Waals surface area contributed by atoms with Gasteiger partial charge >= 0.3 is 5.97 Å². The van der Waals surface area contributed by atoms with E-state index in [1.165, 1.54) is 14.2 Å². The van der Waals surface area contributed by atoms with Gasteiger partial charge in [0, 0.05) is 12.0 Å². The van der Waals surface area contributed by atoms with Gasteiger partial charge in [0.05, 0.1) is 25.3 Å². The molecule has 0 fully saturated rings. The average molecular weight is 507 g/mol. The fourth-order valence-electron chi connectivity index (χ4n) is 3.81. The quantitative estimate of drug-likeness (QED) is 0.256. The predicted molar refractivity (Wildman–Crippen MR) is 141 cm³/mol. The zero-order valence-electron chi connectivity index (χ0n) is 22.2. The number of esters is 1. The molecule has 1 N–H and O–H groups in total. The molecule has 7 nitrogen and oxygen atoms in total. The maximum absolute atomic E-state index is 12.6. The highest BCUT2D eigenvalue weighted by Gasteiger charge is 2.21. The SMILES string of the molecule is COC(=O)c1ccc(OC)c(OCc2cccc(COc3ccc(C(=O)CC(C)(C)C)c(O)c3C)c2)c1. The Bertz CT molecular complexity index is 1270. The van der Waals surface area contributed by atoms with Crippen LogP contribution in [0.5, 0.6) is 23.0 Å². The Morgan fingerprint density at radius 1 is 0.838 bits per heavy atom. The smallest absolute Gasteiger partial charge is 0.337 e. The molecule has 7 heteroatoms. The molecule has 0 saturated heterocycles. The molecule has 0 heterocycles. The minimum Gasteiger partial charge on any atom is -0.507 e. The van der Waals surface area contributed by atoms with Gasteiger partial charge in [0.15, 0.2) is 17.3 Å². The van der Waals surface area contributed by atoms with Crippen LogP contribution in [0.15, 0.2) is 54.6 Å². The molecule has 0 amide bonds. The van der Waals surface area contributed by atoms with Gasteiger partial charge in [-0.25, -0.2) is 4.79 Å². The van der Waals surface area contributed by atoms with E-state index < -0.39 is 5.97 Å². The molecule has 0 aliphatic carbocycles. The van der Waals surface area contributed by atoms with Crippen molar-refractivity contribution in [1.29, 1.82) is 0 Å². The lowest BCUT2D eigenvalue weighted by atomic mass is 9.87. The molecule has 3 aromatic rings. The molecule has 0 radical (unpaired) electrons. The summed E-state index contributed by atoms with van der Waals surface area (Å²) in [6.45, 7) is 8.21. The second-order valence-electron chi connectivity index (χ2n) is 10.0. The minimum absolute atomic E-state index is 0.0444. The number of aromatic hydroxyl groups is 1. The van der Waals surface area contributed by atoms with Crippen molar-refractivity contribution in [2.75, 3.05) is 14.2 Å². The number of carbonyl (C=O) groups excluding carboxylic acids is 2. The number of benzene rings is 3. The number of hydrogen-bond donors (Lipinski definition) is 1. The lowest BCUT2D eigenvalue weighted by Gasteiger charge is -2.18. The third-order valence-electron chi connectivity index (χ3n) is 5.74. The molecule has 3 aromatic carbocycles. The lowest BCUT2D eigenvalue weighted by Crippen LogP contribution is -2.13. The molecule has 0 bridgehead atoms. The normalized spacial score (nSPS) is 11.1. The van der Waals surface area contributed by atoms with Crippen LogP contribution < -0.4 is 14.2 Å². The highest BCUT2D eigenvalue weighted by atomic mass is 16.5. The summed E-state index contributed by atoms with van der Waals surface area (Å²) in [5.74, 6) is 0.847. The van der Waals surface area contributed by atoms with Crippen molar-refractivity contribution in [2.45, 2.75) is 47.3 Å². The van der Waals surface area contributed by atoms with Gasteiger partial charge in [0.2, 0.25) is 0 Å². The summed E-state index contributed by atoms with van der Waals surface area (Å²) in [6, 6.07) is 15.9. The zero-order chi connectivity index (χ0) is 27.2. The number of rotatable bonds is 10. The maximum Gasteiger partial charge on any atom is 0.337 e. The molecular weight excluding hydrogens is 472 g/mol. The summed E-state index contributed by atoms with van der Waals surface area (Å²) in [6.07, 6.45) is 0.341. The monoisotopic (exact) mass is 506 g/mol. The van der Waals surface area contributed by atoms with Crippen molar-refractivity contribution in [3.05, 3.63) is 82.4 Å². The van der Waals surface area contributed by atoms with E-state index >= 15 is 0 Å². The van der Waals surface area contributed by atoms with Crippen LogP contribution in [0.2, 0.25) is 0 Å². The van der Waals surface area contributed by atoms with Gasteiger partial charge < -0.3 is 24.1 Å². The van der Waals surface area contributed by atoms with E-state index in [4.69, 9.17) is 18.9 Å². The van der Waals surface area contributed by atoms with E-state index in [1.54, 1.807) is 37.3 Å². The topological polar surface area (TPSA) is 91.3 Å². The fourth-order valence-corrected chi connectivity index (χ4v) is 3.81. The van der Waals surface area contributed by atoms with Gasteiger partial charge in [0.25, 0.3) is 0 Å². The Morgan fingerprint density at radius 3 is 2.05 bits per heavy atom. The van der Waals surface area contributed by atoms with E-state index in [9.17, 15) is 14.7 Å². The number of carbonyl (C=O) groups is 2. The summed E-state index contributed by atoms with van der Waals surface area (Å²) in [7, 11) is 2.86. The van der Waals surface area contributed by atoms with Crippen LogP contribution in [0.3, 0.4) is 0 Å². The summed E-state index contributed by atoms with van der Waals surface area (Å²) in [5, 5.41) is 10.6. The van der Waals surface area contributed by atoms with Crippen molar-refractivity contribution in [3.8, 4) is 23.0 Å². The molecule has 0 saturated carbocycles. The van der Waals surface area contributed by atoms with Crippen molar-refractivity contribution in [1.82, 2.24) is 0 Å². The van der Waals surface area contributed by atoms with E-state index in [1.807, 2.05) is 45.0 Å². The van der Waals surface area contributed by atoms with Crippen LogP contribution in [0.4, 0.5) is 0 Å². The van der Waals surface area contributed by atoms with Gasteiger partial charge in [-0.3, -0.25) is 4.79 Å². The standard InChI is InChI=1S/C30H34O7/c1-19-25(13-11-23(28(19)32)24(31)16-30(2,3)4)36-17-20-8-7-9-21(14-20)18-37-27-15-22(29(33)35-6)10-12-26(27)34-5/h7-15,32H,16-18H2,1-6H3. The molecule has 196 valence electrons. The van der Waals surface area contributed by atoms with Crippen molar-refractivity contribution >= 4 is 11.8 Å². The number of phenolic OH excluding ortho intramolecular Hbond substituents is 1. The third kappa shape index (κ3) is 7.26. The van der Waals surface area contributed by atoms with E-state index in [0.717, 1.165) is 11.1 Å². The minimum atomic E-state index is -0.459. The Morgan fingerprint density at radius 2 is 1.46 bits per heavy atom. The number of Topliss-reactive ketones (excluding diaryl/α,β-unsaturated/α-hetero) is 1. The number of hydrogen-bond acceptors (Lipinski definition) is 7. The maximum atomic E-state index is 12.6. The lowest BCUT2D eigenvalue weighted by molar-refractivity contribution is 0.0600. The summed E-state index contributed by atoms with van der Waals surface area (Å²) >= 11 is 0. The van der Waals surface area contributed by atoms with Crippen LogP contribution in [0.25, 0.3) is 0 Å². The molecule has 0 aliphatic rings. The Hall–Kier alpha value is -4.00. The Labute approximate surface area is 217 Å². The summed E-state index contributed by atoms with van der Waals surface area (Å²) in [5.41, 5.74) is 2.83. The highest BCUT2D eigenvalue weighted by Crippen LogP contribution is 2.34. The van der Waals surface area contributed by atoms with Crippen LogP contribution in [-0.4, -0.2) is 31.1 Å². The van der Waals surface area contributed by atoms with Crippen LogP contribution in [0.1, 0.15) is 64.6 Å². The molecule has 0 spiro atoms. The van der Waals surface area contributed by atoms with Gasteiger partial charge in [-0.2, -0.15) is 0 Å². The van der Waals surface area contributed by atoms with E-state index in [0.29, 0.717) is 40.4 Å².